The average Bonchev–Trinajstić information content (AvgIpc) is 3.27. The first-order valence-corrected chi connectivity index (χ1v) is 12.7. The number of hydrogen-bond acceptors (Lipinski definition) is 5. The van der Waals surface area contributed by atoms with E-state index in [-0.39, 0.29) is 16.6 Å². The Morgan fingerprint density at radius 1 is 0.889 bits per heavy atom. The second-order valence-corrected chi connectivity index (χ2v) is 11.2. The zero-order valence-corrected chi connectivity index (χ0v) is 20.8. The Labute approximate surface area is 209 Å². The Morgan fingerprint density at radius 3 is 2.03 bits per heavy atom. The zero-order chi connectivity index (χ0) is 26.1. The van der Waals surface area contributed by atoms with Crippen LogP contribution in [0.15, 0.2) is 88.2 Å². The highest BCUT2D eigenvalue weighted by Gasteiger charge is 2.35. The standard InChI is InChI=1S/C27H26N2O6S/c1-27(2,3)24(26(31)32)29-36(33,34)21-14-10-18(11-15-21)17-8-12-20(13-9-17)28-25(30)23-16-19-6-4-5-7-22(19)35-23/h4-16,24,29H,1-3H3,(H,28,30)(H,31,32)/t24-/m1/s1. The summed E-state index contributed by atoms with van der Waals surface area (Å²) in [6.07, 6.45) is 0. The monoisotopic (exact) mass is 506 g/mol. The minimum absolute atomic E-state index is 0.0310. The molecule has 0 bridgehead atoms. The normalized spacial score (nSPS) is 12.9. The van der Waals surface area contributed by atoms with E-state index in [2.05, 4.69) is 10.0 Å². The fourth-order valence-electron chi connectivity index (χ4n) is 3.68. The van der Waals surface area contributed by atoms with Crippen LogP contribution in [-0.2, 0) is 14.8 Å². The molecule has 36 heavy (non-hydrogen) atoms. The summed E-state index contributed by atoms with van der Waals surface area (Å²) < 4.78 is 33.4. The molecule has 1 aromatic heterocycles. The fraction of sp³-hybridized carbons (Fsp3) is 0.185. The first kappa shape index (κ1) is 25.2. The first-order valence-electron chi connectivity index (χ1n) is 11.2. The Morgan fingerprint density at radius 2 is 1.47 bits per heavy atom. The van der Waals surface area contributed by atoms with E-state index < -0.39 is 27.4 Å². The lowest BCUT2D eigenvalue weighted by atomic mass is 9.88. The molecular weight excluding hydrogens is 480 g/mol. The third kappa shape index (κ3) is 5.48. The molecule has 0 spiro atoms. The van der Waals surface area contributed by atoms with E-state index in [0.717, 1.165) is 16.5 Å². The molecule has 0 aliphatic heterocycles. The van der Waals surface area contributed by atoms with Gasteiger partial charge in [0.05, 0.1) is 4.90 Å². The van der Waals surface area contributed by atoms with Crippen molar-refractivity contribution in [3.05, 3.63) is 84.6 Å². The number of benzene rings is 3. The first-order chi connectivity index (χ1) is 16.9. The fourth-order valence-corrected chi connectivity index (χ4v) is 5.07. The molecular formula is C27H26N2O6S. The number of hydrogen-bond donors (Lipinski definition) is 3. The maximum Gasteiger partial charge on any atom is 0.322 e. The van der Waals surface area contributed by atoms with Crippen molar-refractivity contribution in [1.82, 2.24) is 4.72 Å². The van der Waals surface area contributed by atoms with Crippen molar-refractivity contribution in [3.8, 4) is 11.1 Å². The van der Waals surface area contributed by atoms with Gasteiger partial charge in [0.2, 0.25) is 10.0 Å². The summed E-state index contributed by atoms with van der Waals surface area (Å²) in [6, 6.07) is 21.0. The highest BCUT2D eigenvalue weighted by Crippen LogP contribution is 2.26. The molecule has 0 saturated heterocycles. The lowest BCUT2D eigenvalue weighted by Crippen LogP contribution is -2.48. The van der Waals surface area contributed by atoms with Crippen LogP contribution in [0.4, 0.5) is 5.69 Å². The molecule has 1 amide bonds. The maximum absolute atomic E-state index is 12.7. The topological polar surface area (TPSA) is 126 Å². The average molecular weight is 507 g/mol. The Hall–Kier alpha value is -3.95. The SMILES string of the molecule is CC(C)(C)[C@H](NS(=O)(=O)c1ccc(-c2ccc(NC(=O)c3cc4ccccc4o3)cc2)cc1)C(=O)O. The molecule has 4 rings (SSSR count). The summed E-state index contributed by atoms with van der Waals surface area (Å²) in [7, 11) is -4.03. The van der Waals surface area contributed by atoms with Crippen LogP contribution in [0.1, 0.15) is 31.3 Å². The van der Waals surface area contributed by atoms with Crippen molar-refractivity contribution >= 4 is 38.6 Å². The van der Waals surface area contributed by atoms with Gasteiger partial charge in [-0.3, -0.25) is 9.59 Å². The molecule has 3 aromatic carbocycles. The van der Waals surface area contributed by atoms with Gasteiger partial charge < -0.3 is 14.8 Å². The molecule has 3 N–H and O–H groups in total. The van der Waals surface area contributed by atoms with E-state index >= 15 is 0 Å². The predicted molar refractivity (Wildman–Crippen MR) is 137 cm³/mol. The Balaban J connectivity index is 1.46. The molecule has 8 nitrogen and oxygen atoms in total. The molecule has 0 saturated carbocycles. The molecule has 0 aliphatic rings. The van der Waals surface area contributed by atoms with Crippen LogP contribution in [0.2, 0.25) is 0 Å². The summed E-state index contributed by atoms with van der Waals surface area (Å²) in [5.74, 6) is -1.39. The van der Waals surface area contributed by atoms with Crippen molar-refractivity contribution in [2.45, 2.75) is 31.7 Å². The van der Waals surface area contributed by atoms with Crippen molar-refractivity contribution in [2.24, 2.45) is 5.41 Å². The molecule has 0 radical (unpaired) electrons. The third-order valence-electron chi connectivity index (χ3n) is 5.68. The summed E-state index contributed by atoms with van der Waals surface area (Å²) in [5, 5.41) is 13.1. The minimum atomic E-state index is -4.03. The zero-order valence-electron chi connectivity index (χ0n) is 20.0. The quantitative estimate of drug-likeness (QED) is 0.319. The number of sulfonamides is 1. The largest absolute Gasteiger partial charge is 0.480 e. The van der Waals surface area contributed by atoms with Crippen molar-refractivity contribution in [3.63, 3.8) is 0 Å². The summed E-state index contributed by atoms with van der Waals surface area (Å²) in [5.41, 5.74) is 1.98. The van der Waals surface area contributed by atoms with Crippen molar-refractivity contribution in [1.29, 1.82) is 0 Å². The molecule has 1 heterocycles. The molecule has 0 aliphatic carbocycles. The number of para-hydroxylation sites is 1. The van der Waals surface area contributed by atoms with Gasteiger partial charge in [-0.1, -0.05) is 63.2 Å². The lowest BCUT2D eigenvalue weighted by Gasteiger charge is -2.27. The van der Waals surface area contributed by atoms with Gasteiger partial charge in [0.25, 0.3) is 5.91 Å². The minimum Gasteiger partial charge on any atom is -0.480 e. The van der Waals surface area contributed by atoms with Crippen LogP contribution >= 0.6 is 0 Å². The van der Waals surface area contributed by atoms with Gasteiger partial charge in [-0.2, -0.15) is 4.72 Å². The van der Waals surface area contributed by atoms with Crippen LogP contribution in [0, 0.1) is 5.41 Å². The number of aliphatic carboxylic acids is 1. The van der Waals surface area contributed by atoms with E-state index in [9.17, 15) is 23.1 Å². The van der Waals surface area contributed by atoms with Crippen LogP contribution < -0.4 is 10.0 Å². The van der Waals surface area contributed by atoms with Crippen LogP contribution in [0.3, 0.4) is 0 Å². The van der Waals surface area contributed by atoms with E-state index in [0.29, 0.717) is 11.3 Å². The van der Waals surface area contributed by atoms with Crippen LogP contribution in [0.25, 0.3) is 22.1 Å². The van der Waals surface area contributed by atoms with Gasteiger partial charge in [0, 0.05) is 11.1 Å². The predicted octanol–water partition coefficient (Wildman–Crippen LogP) is 5.13. The molecule has 186 valence electrons. The third-order valence-corrected chi connectivity index (χ3v) is 7.11. The summed E-state index contributed by atoms with van der Waals surface area (Å²) in [6.45, 7) is 4.96. The number of carbonyl (C=O) groups excluding carboxylic acids is 1. The maximum atomic E-state index is 12.7. The van der Waals surface area contributed by atoms with E-state index in [1.54, 1.807) is 69.3 Å². The summed E-state index contributed by atoms with van der Waals surface area (Å²) in [4.78, 5) is 24.1. The van der Waals surface area contributed by atoms with Crippen molar-refractivity contribution < 1.29 is 27.5 Å². The number of nitrogens with one attached hydrogen (secondary N) is 2. The van der Waals surface area contributed by atoms with Crippen LogP contribution in [0.5, 0.6) is 0 Å². The number of furan rings is 1. The number of carboxylic acids is 1. The Kier molecular flexibility index (Phi) is 6.71. The highest BCUT2D eigenvalue weighted by atomic mass is 32.2. The Bertz CT molecular complexity index is 1480. The number of anilines is 1. The molecule has 0 unspecified atom stereocenters. The van der Waals surface area contributed by atoms with E-state index in [1.807, 2.05) is 18.2 Å². The summed E-state index contributed by atoms with van der Waals surface area (Å²) >= 11 is 0. The van der Waals surface area contributed by atoms with E-state index in [1.165, 1.54) is 12.1 Å². The number of rotatable bonds is 7. The number of fused-ring (bicyclic) bond motifs is 1. The van der Waals surface area contributed by atoms with Gasteiger partial charge in [0.15, 0.2) is 5.76 Å². The second kappa shape index (κ2) is 9.60. The van der Waals surface area contributed by atoms with Gasteiger partial charge >= 0.3 is 5.97 Å². The molecule has 1 atom stereocenters. The molecule has 9 heteroatoms. The second-order valence-electron chi connectivity index (χ2n) is 9.46. The number of carboxylic acid groups (broad SMARTS) is 1. The van der Waals surface area contributed by atoms with Gasteiger partial charge in [-0.25, -0.2) is 8.42 Å². The van der Waals surface area contributed by atoms with Crippen molar-refractivity contribution in [2.75, 3.05) is 5.32 Å². The highest BCUT2D eigenvalue weighted by molar-refractivity contribution is 7.89. The van der Waals surface area contributed by atoms with Gasteiger partial charge in [0.1, 0.15) is 11.6 Å². The lowest BCUT2D eigenvalue weighted by molar-refractivity contribution is -0.141. The van der Waals surface area contributed by atoms with Crippen LogP contribution in [-0.4, -0.2) is 31.4 Å². The molecule has 4 aromatic rings. The number of carbonyl (C=O) groups is 2. The number of amides is 1. The van der Waals surface area contributed by atoms with Gasteiger partial charge in [-0.05, 0) is 52.9 Å². The van der Waals surface area contributed by atoms with Gasteiger partial charge in [-0.15, -0.1) is 0 Å². The van der Waals surface area contributed by atoms with E-state index in [4.69, 9.17) is 4.42 Å². The smallest absolute Gasteiger partial charge is 0.322 e. The molecule has 0 fully saturated rings.